The molecule has 1 aliphatic heterocycles. The average molecular weight is 290 g/mol. The molecule has 2 rings (SSSR count). The third kappa shape index (κ3) is 4.04. The topological polar surface area (TPSA) is 62.1 Å². The molecule has 1 saturated heterocycles. The van der Waals surface area contributed by atoms with Gasteiger partial charge in [-0.05, 0) is 43.4 Å². The SMILES string of the molecule is CON=Cc1ccc(C(=O)N2CCC(C(C)O)CC2)cc1. The molecule has 0 aromatic heterocycles. The van der Waals surface area contributed by atoms with Gasteiger partial charge in [0.15, 0.2) is 0 Å². The molecule has 1 N–H and O–H groups in total. The van der Waals surface area contributed by atoms with E-state index in [0.29, 0.717) is 24.6 Å². The highest BCUT2D eigenvalue weighted by Gasteiger charge is 2.25. The van der Waals surface area contributed by atoms with Crippen molar-refractivity contribution >= 4 is 12.1 Å². The first-order valence-corrected chi connectivity index (χ1v) is 7.25. The number of rotatable bonds is 4. The summed E-state index contributed by atoms with van der Waals surface area (Å²) in [5.41, 5.74) is 1.57. The maximum absolute atomic E-state index is 12.4. The van der Waals surface area contributed by atoms with E-state index >= 15 is 0 Å². The van der Waals surface area contributed by atoms with Gasteiger partial charge in [-0.25, -0.2) is 0 Å². The molecule has 1 aromatic rings. The lowest BCUT2D eigenvalue weighted by Gasteiger charge is -2.33. The van der Waals surface area contributed by atoms with E-state index in [2.05, 4.69) is 9.99 Å². The van der Waals surface area contributed by atoms with Crippen LogP contribution in [0.15, 0.2) is 29.4 Å². The third-order valence-corrected chi connectivity index (χ3v) is 3.97. The highest BCUT2D eigenvalue weighted by molar-refractivity contribution is 5.95. The van der Waals surface area contributed by atoms with Crippen LogP contribution in [0.25, 0.3) is 0 Å². The number of hydrogen-bond acceptors (Lipinski definition) is 4. The molecule has 0 aliphatic carbocycles. The zero-order chi connectivity index (χ0) is 15.2. The van der Waals surface area contributed by atoms with Crippen molar-refractivity contribution in [1.82, 2.24) is 4.90 Å². The van der Waals surface area contributed by atoms with Crippen LogP contribution in [0.1, 0.15) is 35.7 Å². The van der Waals surface area contributed by atoms with Crippen LogP contribution >= 0.6 is 0 Å². The third-order valence-electron chi connectivity index (χ3n) is 3.97. The zero-order valence-electron chi connectivity index (χ0n) is 12.5. The van der Waals surface area contributed by atoms with E-state index in [-0.39, 0.29) is 12.0 Å². The number of carbonyl (C=O) groups is 1. The number of nitrogens with zero attached hydrogens (tertiary/aromatic N) is 2. The molecule has 1 heterocycles. The summed E-state index contributed by atoms with van der Waals surface area (Å²) in [7, 11) is 1.49. The Morgan fingerprint density at radius 3 is 2.52 bits per heavy atom. The lowest BCUT2D eigenvalue weighted by Crippen LogP contribution is -2.40. The number of benzene rings is 1. The van der Waals surface area contributed by atoms with Crippen molar-refractivity contribution in [2.75, 3.05) is 20.2 Å². The summed E-state index contributed by atoms with van der Waals surface area (Å²) in [4.78, 5) is 18.9. The minimum Gasteiger partial charge on any atom is -0.399 e. The Hall–Kier alpha value is -1.88. The van der Waals surface area contributed by atoms with Gasteiger partial charge in [-0.1, -0.05) is 17.3 Å². The maximum atomic E-state index is 12.4. The summed E-state index contributed by atoms with van der Waals surface area (Å²) in [5.74, 6) is 0.357. The van der Waals surface area contributed by atoms with E-state index in [1.54, 1.807) is 18.3 Å². The largest absolute Gasteiger partial charge is 0.399 e. The zero-order valence-corrected chi connectivity index (χ0v) is 12.5. The number of piperidine rings is 1. The van der Waals surface area contributed by atoms with Gasteiger partial charge in [-0.3, -0.25) is 4.79 Å². The van der Waals surface area contributed by atoms with Gasteiger partial charge in [-0.15, -0.1) is 0 Å². The molecule has 0 bridgehead atoms. The van der Waals surface area contributed by atoms with Crippen molar-refractivity contribution in [3.8, 4) is 0 Å². The van der Waals surface area contributed by atoms with Gasteiger partial charge in [0.05, 0.1) is 12.3 Å². The summed E-state index contributed by atoms with van der Waals surface area (Å²) in [6.45, 7) is 3.24. The fourth-order valence-electron chi connectivity index (χ4n) is 2.59. The Kier molecular flexibility index (Phi) is 5.33. The first-order valence-electron chi connectivity index (χ1n) is 7.25. The number of oxime groups is 1. The molecule has 5 nitrogen and oxygen atoms in total. The van der Waals surface area contributed by atoms with E-state index in [0.717, 1.165) is 18.4 Å². The quantitative estimate of drug-likeness (QED) is 0.680. The molecule has 1 amide bonds. The smallest absolute Gasteiger partial charge is 0.253 e. The van der Waals surface area contributed by atoms with Crippen molar-refractivity contribution in [2.45, 2.75) is 25.9 Å². The fraction of sp³-hybridized carbons (Fsp3) is 0.500. The number of aliphatic hydroxyl groups excluding tert-OH is 1. The van der Waals surface area contributed by atoms with Crippen molar-refractivity contribution < 1.29 is 14.7 Å². The van der Waals surface area contributed by atoms with Crippen LogP contribution in [0.5, 0.6) is 0 Å². The summed E-state index contributed by atoms with van der Waals surface area (Å²) >= 11 is 0. The molecule has 1 atom stereocenters. The monoisotopic (exact) mass is 290 g/mol. The van der Waals surface area contributed by atoms with E-state index in [9.17, 15) is 9.90 Å². The second kappa shape index (κ2) is 7.22. The Morgan fingerprint density at radius 1 is 1.38 bits per heavy atom. The summed E-state index contributed by atoms with van der Waals surface area (Å²) in [5, 5.41) is 13.3. The Bertz CT molecular complexity index is 489. The summed E-state index contributed by atoms with van der Waals surface area (Å²) in [6.07, 6.45) is 3.04. The van der Waals surface area contributed by atoms with Crippen LogP contribution in [0.4, 0.5) is 0 Å². The van der Waals surface area contributed by atoms with E-state index in [4.69, 9.17) is 0 Å². The minimum absolute atomic E-state index is 0.0503. The van der Waals surface area contributed by atoms with Crippen molar-refractivity contribution in [3.63, 3.8) is 0 Å². The Morgan fingerprint density at radius 2 is 2.00 bits per heavy atom. The lowest BCUT2D eigenvalue weighted by atomic mass is 9.92. The van der Waals surface area contributed by atoms with E-state index < -0.39 is 0 Å². The Balaban J connectivity index is 1.96. The second-order valence-electron chi connectivity index (χ2n) is 5.41. The highest BCUT2D eigenvalue weighted by Crippen LogP contribution is 2.21. The first-order chi connectivity index (χ1) is 10.1. The van der Waals surface area contributed by atoms with Crippen molar-refractivity contribution in [3.05, 3.63) is 35.4 Å². The van der Waals surface area contributed by atoms with Gasteiger partial charge in [0, 0.05) is 18.7 Å². The van der Waals surface area contributed by atoms with Gasteiger partial charge in [0.25, 0.3) is 5.91 Å². The number of aliphatic hydroxyl groups is 1. The van der Waals surface area contributed by atoms with Crippen LogP contribution in [-0.4, -0.2) is 48.4 Å². The molecule has 0 saturated carbocycles. The predicted octanol–water partition coefficient (Wildman–Crippen LogP) is 1.90. The number of hydrogen-bond donors (Lipinski definition) is 1. The standard InChI is InChI=1S/C16H22N2O3/c1-12(19)14-7-9-18(10-8-14)16(20)15-5-3-13(4-6-15)11-17-21-2/h3-6,11-12,14,19H,7-10H2,1-2H3. The average Bonchev–Trinajstić information content (AvgIpc) is 2.53. The van der Waals surface area contributed by atoms with Crippen LogP contribution < -0.4 is 0 Å². The fourth-order valence-corrected chi connectivity index (χ4v) is 2.59. The van der Waals surface area contributed by atoms with Crippen molar-refractivity contribution in [1.29, 1.82) is 0 Å². The second-order valence-corrected chi connectivity index (χ2v) is 5.41. The maximum Gasteiger partial charge on any atom is 0.253 e. The molecule has 0 spiro atoms. The Labute approximate surface area is 125 Å². The highest BCUT2D eigenvalue weighted by atomic mass is 16.6. The van der Waals surface area contributed by atoms with Crippen LogP contribution in [0, 0.1) is 5.92 Å². The molecular weight excluding hydrogens is 268 g/mol. The normalized spacial score (nSPS) is 18.0. The lowest BCUT2D eigenvalue weighted by molar-refractivity contribution is 0.0521. The molecule has 1 unspecified atom stereocenters. The van der Waals surface area contributed by atoms with E-state index in [1.165, 1.54) is 7.11 Å². The summed E-state index contributed by atoms with van der Waals surface area (Å²) in [6, 6.07) is 7.30. The molecule has 5 heteroatoms. The molecular formula is C16H22N2O3. The van der Waals surface area contributed by atoms with Gasteiger partial charge < -0.3 is 14.8 Å². The van der Waals surface area contributed by atoms with Gasteiger partial charge in [0.2, 0.25) is 0 Å². The number of carbonyl (C=O) groups excluding carboxylic acids is 1. The van der Waals surface area contributed by atoms with Crippen LogP contribution in [-0.2, 0) is 4.84 Å². The first kappa shape index (κ1) is 15.5. The molecule has 114 valence electrons. The number of likely N-dealkylation sites (tertiary alicyclic amines) is 1. The van der Waals surface area contributed by atoms with Crippen LogP contribution in [0.2, 0.25) is 0 Å². The molecule has 1 fully saturated rings. The molecule has 1 aliphatic rings. The summed E-state index contributed by atoms with van der Waals surface area (Å²) < 4.78 is 0. The van der Waals surface area contributed by atoms with Gasteiger partial charge in [0.1, 0.15) is 7.11 Å². The van der Waals surface area contributed by atoms with Gasteiger partial charge in [-0.2, -0.15) is 0 Å². The van der Waals surface area contributed by atoms with Crippen LogP contribution in [0.3, 0.4) is 0 Å². The number of amides is 1. The molecule has 1 aromatic carbocycles. The van der Waals surface area contributed by atoms with Gasteiger partial charge >= 0.3 is 0 Å². The van der Waals surface area contributed by atoms with E-state index in [1.807, 2.05) is 24.0 Å². The molecule has 0 radical (unpaired) electrons. The predicted molar refractivity (Wildman–Crippen MR) is 81.4 cm³/mol. The minimum atomic E-state index is -0.290. The van der Waals surface area contributed by atoms with Crippen molar-refractivity contribution in [2.24, 2.45) is 11.1 Å². The molecule has 21 heavy (non-hydrogen) atoms.